The number of hydrogen-bond acceptors (Lipinski definition) is 3. The fourth-order valence-corrected chi connectivity index (χ4v) is 2.10. The second-order valence-corrected chi connectivity index (χ2v) is 4.36. The number of carbonyl (C=O) groups excluding carboxylic acids is 1. The average molecular weight is 222 g/mol. The van der Waals surface area contributed by atoms with E-state index >= 15 is 0 Å². The van der Waals surface area contributed by atoms with Gasteiger partial charge in [0, 0.05) is 12.6 Å². The number of carbonyl (C=O) groups is 1. The van der Waals surface area contributed by atoms with Gasteiger partial charge in [-0.15, -0.1) is 0 Å². The van der Waals surface area contributed by atoms with Crippen LogP contribution in [0.1, 0.15) is 30.3 Å². The lowest BCUT2D eigenvalue weighted by Crippen LogP contribution is -2.40. The molecule has 0 bridgehead atoms. The molecule has 4 nitrogen and oxygen atoms in total. The van der Waals surface area contributed by atoms with Gasteiger partial charge < -0.3 is 14.6 Å². The van der Waals surface area contributed by atoms with Crippen LogP contribution in [0.5, 0.6) is 0 Å². The summed E-state index contributed by atoms with van der Waals surface area (Å²) in [5.74, 6) is 0.255. The predicted molar refractivity (Wildman–Crippen MR) is 61.3 cm³/mol. The quantitative estimate of drug-likeness (QED) is 0.839. The van der Waals surface area contributed by atoms with E-state index in [1.54, 1.807) is 12.1 Å². The Bertz CT molecular complexity index is 329. The van der Waals surface area contributed by atoms with Crippen molar-refractivity contribution in [2.24, 2.45) is 0 Å². The molecule has 2 rings (SSSR count). The molecule has 0 radical (unpaired) electrons. The van der Waals surface area contributed by atoms with Crippen LogP contribution in [-0.4, -0.2) is 36.5 Å². The van der Waals surface area contributed by atoms with E-state index in [1.165, 1.54) is 19.1 Å². The van der Waals surface area contributed by atoms with E-state index in [9.17, 15) is 4.79 Å². The van der Waals surface area contributed by atoms with Gasteiger partial charge >= 0.3 is 0 Å². The van der Waals surface area contributed by atoms with E-state index in [4.69, 9.17) is 4.42 Å². The fourth-order valence-electron chi connectivity index (χ4n) is 2.10. The van der Waals surface area contributed by atoms with E-state index in [0.717, 1.165) is 19.6 Å². The van der Waals surface area contributed by atoms with E-state index < -0.39 is 0 Å². The van der Waals surface area contributed by atoms with Gasteiger partial charge in [0.25, 0.3) is 5.91 Å². The standard InChI is InChI=1S/C12H18N2O2/c1-10(9-14-6-2-3-7-14)13-12(15)11-5-4-8-16-11/h4-5,8,10H,2-3,6-7,9H2,1H3,(H,13,15). The van der Waals surface area contributed by atoms with Crippen molar-refractivity contribution in [1.29, 1.82) is 0 Å². The van der Waals surface area contributed by atoms with Gasteiger partial charge in [-0.1, -0.05) is 0 Å². The number of furan rings is 1. The Morgan fingerprint density at radius 2 is 2.31 bits per heavy atom. The first-order valence-electron chi connectivity index (χ1n) is 5.82. The molecule has 88 valence electrons. The molecule has 0 aliphatic carbocycles. The predicted octanol–water partition coefficient (Wildman–Crippen LogP) is 1.49. The molecule has 1 unspecified atom stereocenters. The number of likely N-dealkylation sites (tertiary alicyclic amines) is 1. The Hall–Kier alpha value is -1.29. The monoisotopic (exact) mass is 222 g/mol. The summed E-state index contributed by atoms with van der Waals surface area (Å²) in [4.78, 5) is 14.0. The summed E-state index contributed by atoms with van der Waals surface area (Å²) in [5, 5.41) is 2.93. The van der Waals surface area contributed by atoms with Crippen molar-refractivity contribution in [2.45, 2.75) is 25.8 Å². The molecule has 16 heavy (non-hydrogen) atoms. The van der Waals surface area contributed by atoms with Crippen LogP contribution in [-0.2, 0) is 0 Å². The van der Waals surface area contributed by atoms with Gasteiger partial charge in [0.05, 0.1) is 6.26 Å². The Balaban J connectivity index is 1.78. The molecule has 1 N–H and O–H groups in total. The summed E-state index contributed by atoms with van der Waals surface area (Å²) in [6.45, 7) is 5.26. The highest BCUT2D eigenvalue weighted by atomic mass is 16.3. The zero-order chi connectivity index (χ0) is 11.4. The molecule has 1 saturated heterocycles. The Labute approximate surface area is 95.6 Å². The van der Waals surface area contributed by atoms with E-state index in [-0.39, 0.29) is 11.9 Å². The molecule has 1 aromatic rings. The van der Waals surface area contributed by atoms with Crippen LogP contribution in [0, 0.1) is 0 Å². The summed E-state index contributed by atoms with van der Waals surface area (Å²) in [7, 11) is 0. The van der Waals surface area contributed by atoms with Crippen LogP contribution in [0.25, 0.3) is 0 Å². The molecule has 1 fully saturated rings. The zero-order valence-corrected chi connectivity index (χ0v) is 9.61. The molecule has 1 aliphatic rings. The average Bonchev–Trinajstić information content (AvgIpc) is 2.88. The second kappa shape index (κ2) is 5.16. The number of rotatable bonds is 4. The maximum Gasteiger partial charge on any atom is 0.287 e. The summed E-state index contributed by atoms with van der Waals surface area (Å²) in [5.41, 5.74) is 0. The van der Waals surface area contributed by atoms with Crippen LogP contribution in [0.4, 0.5) is 0 Å². The van der Waals surface area contributed by atoms with Crippen LogP contribution >= 0.6 is 0 Å². The van der Waals surface area contributed by atoms with Crippen molar-refractivity contribution in [1.82, 2.24) is 10.2 Å². The lowest BCUT2D eigenvalue weighted by atomic mass is 10.3. The minimum Gasteiger partial charge on any atom is -0.459 e. The maximum atomic E-state index is 11.7. The zero-order valence-electron chi connectivity index (χ0n) is 9.61. The maximum absolute atomic E-state index is 11.7. The third-order valence-corrected chi connectivity index (χ3v) is 2.85. The molecule has 1 aliphatic heterocycles. The summed E-state index contributed by atoms with van der Waals surface area (Å²) < 4.78 is 5.04. The normalized spacial score (nSPS) is 18.6. The molecule has 2 heterocycles. The molecule has 1 aromatic heterocycles. The molecule has 0 saturated carbocycles. The second-order valence-electron chi connectivity index (χ2n) is 4.36. The van der Waals surface area contributed by atoms with Crippen LogP contribution in [0.15, 0.2) is 22.8 Å². The smallest absolute Gasteiger partial charge is 0.287 e. The number of nitrogens with one attached hydrogen (secondary N) is 1. The summed E-state index contributed by atoms with van der Waals surface area (Å²) in [6, 6.07) is 3.56. The summed E-state index contributed by atoms with van der Waals surface area (Å²) >= 11 is 0. The van der Waals surface area contributed by atoms with Crippen molar-refractivity contribution in [3.8, 4) is 0 Å². The minimum atomic E-state index is -0.128. The topological polar surface area (TPSA) is 45.5 Å². The molecule has 1 amide bonds. The van der Waals surface area contributed by atoms with Crippen molar-refractivity contribution in [3.05, 3.63) is 24.2 Å². The van der Waals surface area contributed by atoms with Crippen molar-refractivity contribution in [3.63, 3.8) is 0 Å². The fraction of sp³-hybridized carbons (Fsp3) is 0.583. The van der Waals surface area contributed by atoms with Crippen LogP contribution in [0.3, 0.4) is 0 Å². The van der Waals surface area contributed by atoms with E-state index in [2.05, 4.69) is 10.2 Å². The molecular formula is C12H18N2O2. The Kier molecular flexibility index (Phi) is 3.62. The lowest BCUT2D eigenvalue weighted by molar-refractivity contribution is 0.0904. The van der Waals surface area contributed by atoms with Gasteiger partial charge in [0.2, 0.25) is 0 Å². The molecule has 0 spiro atoms. The van der Waals surface area contributed by atoms with E-state index in [0.29, 0.717) is 5.76 Å². The number of hydrogen-bond donors (Lipinski definition) is 1. The highest BCUT2D eigenvalue weighted by Crippen LogP contribution is 2.08. The van der Waals surface area contributed by atoms with Crippen molar-refractivity contribution < 1.29 is 9.21 Å². The van der Waals surface area contributed by atoms with Crippen molar-refractivity contribution in [2.75, 3.05) is 19.6 Å². The molecule has 4 heteroatoms. The van der Waals surface area contributed by atoms with Crippen LogP contribution < -0.4 is 5.32 Å². The first-order valence-corrected chi connectivity index (χ1v) is 5.82. The van der Waals surface area contributed by atoms with Gasteiger partial charge in [0.15, 0.2) is 5.76 Å². The van der Waals surface area contributed by atoms with Gasteiger partial charge in [-0.3, -0.25) is 4.79 Å². The molecule has 1 atom stereocenters. The number of amides is 1. The SMILES string of the molecule is CC(CN1CCCC1)NC(=O)c1ccco1. The summed E-state index contributed by atoms with van der Waals surface area (Å²) in [6.07, 6.45) is 4.07. The first-order chi connectivity index (χ1) is 7.75. The highest BCUT2D eigenvalue weighted by molar-refractivity contribution is 5.91. The van der Waals surface area contributed by atoms with Gasteiger partial charge in [-0.05, 0) is 45.0 Å². The molecule has 0 aromatic carbocycles. The van der Waals surface area contributed by atoms with E-state index in [1.807, 2.05) is 6.92 Å². The first kappa shape index (κ1) is 11.2. The minimum absolute atomic E-state index is 0.128. The third-order valence-electron chi connectivity index (χ3n) is 2.85. The van der Waals surface area contributed by atoms with Crippen molar-refractivity contribution >= 4 is 5.91 Å². The Morgan fingerprint density at radius 1 is 1.56 bits per heavy atom. The third kappa shape index (κ3) is 2.85. The number of nitrogens with zero attached hydrogens (tertiary/aromatic N) is 1. The largest absolute Gasteiger partial charge is 0.459 e. The Morgan fingerprint density at radius 3 is 2.94 bits per heavy atom. The highest BCUT2D eigenvalue weighted by Gasteiger charge is 2.17. The van der Waals surface area contributed by atoms with Gasteiger partial charge in [-0.25, -0.2) is 0 Å². The lowest BCUT2D eigenvalue weighted by Gasteiger charge is -2.20. The molecular weight excluding hydrogens is 204 g/mol. The van der Waals surface area contributed by atoms with Gasteiger partial charge in [-0.2, -0.15) is 0 Å². The van der Waals surface area contributed by atoms with Gasteiger partial charge in [0.1, 0.15) is 0 Å². The van der Waals surface area contributed by atoms with Crippen LogP contribution in [0.2, 0.25) is 0 Å².